The van der Waals surface area contributed by atoms with Gasteiger partial charge in [-0.1, -0.05) is 19.7 Å². The Kier molecular flexibility index (Phi) is 23.0. The van der Waals surface area contributed by atoms with Crippen LogP contribution in [0.5, 0.6) is 0 Å². The molecule has 0 N–H and O–H groups in total. The topological polar surface area (TPSA) is 120 Å². The Hall–Kier alpha value is -0.0599. The molecule has 6 nitrogen and oxygen atoms in total. The van der Waals surface area contributed by atoms with E-state index in [9.17, 15) is 29.7 Å². The van der Waals surface area contributed by atoms with Gasteiger partial charge in [-0.15, -0.1) is 0 Å². The molecule has 19 heavy (non-hydrogen) atoms. The molecule has 102 valence electrons. The summed E-state index contributed by atoms with van der Waals surface area (Å²) in [6.45, 7) is 9.03. The van der Waals surface area contributed by atoms with E-state index in [1.54, 1.807) is 0 Å². The van der Waals surface area contributed by atoms with Crippen molar-refractivity contribution in [2.45, 2.75) is 0 Å². The molecule has 0 spiro atoms. The van der Waals surface area contributed by atoms with Gasteiger partial charge < -0.3 is 29.7 Å². The predicted molar refractivity (Wildman–Crippen MR) is 75.0 cm³/mol. The van der Waals surface area contributed by atoms with Gasteiger partial charge in [0.1, 0.15) is 0 Å². The quantitative estimate of drug-likeness (QED) is 0.387. The van der Waals surface area contributed by atoms with Crippen LogP contribution < -0.4 is 15.3 Å². The molecule has 0 aromatic rings. The van der Waals surface area contributed by atoms with Gasteiger partial charge in [0, 0.05) is 13.4 Å². The van der Waals surface area contributed by atoms with Crippen LogP contribution in [0, 0.1) is 0 Å². The van der Waals surface area contributed by atoms with Gasteiger partial charge in [-0.05, 0) is 47.8 Å². The zero-order chi connectivity index (χ0) is 15.5. The first-order valence-electron chi connectivity index (χ1n) is 3.60. The smallest absolute Gasteiger partial charge is 0.544 e. The number of hydrogen-bond acceptors (Lipinski definition) is 6. The Morgan fingerprint density at radius 1 is 0.632 bits per heavy atom. The maximum absolute atomic E-state index is 9.44. The summed E-state index contributed by atoms with van der Waals surface area (Å²) < 4.78 is -0.368. The number of carbonyl (C=O) groups is 3. The summed E-state index contributed by atoms with van der Waals surface area (Å²) in [5, 5.41) is 28.3. The van der Waals surface area contributed by atoms with E-state index in [-0.39, 0.29) is 39.3 Å². The number of carboxylic acids is 3. The molecular formula is C9H6Br3InO6. The molecule has 0 bridgehead atoms. The van der Waals surface area contributed by atoms with Crippen LogP contribution in [0.3, 0.4) is 0 Å². The molecule has 0 radical (unpaired) electrons. The van der Waals surface area contributed by atoms with Crippen molar-refractivity contribution in [1.82, 2.24) is 0 Å². The van der Waals surface area contributed by atoms with Crippen molar-refractivity contribution in [2.75, 3.05) is 0 Å². The summed E-state index contributed by atoms with van der Waals surface area (Å²) in [4.78, 5) is 28.3. The van der Waals surface area contributed by atoms with Crippen molar-refractivity contribution in [3.8, 4) is 0 Å². The van der Waals surface area contributed by atoms with Gasteiger partial charge >= 0.3 is 25.8 Å². The first-order valence-corrected chi connectivity index (χ1v) is 5.98. The maximum atomic E-state index is 9.44. The van der Waals surface area contributed by atoms with Crippen LogP contribution in [0.25, 0.3) is 0 Å². The fraction of sp³-hybridized carbons (Fsp3) is 0. The molecule has 0 saturated heterocycles. The number of aliphatic carboxylic acids is 3. The van der Waals surface area contributed by atoms with Crippen LogP contribution in [0.1, 0.15) is 0 Å². The van der Waals surface area contributed by atoms with E-state index < -0.39 is 17.9 Å². The second-order valence-electron chi connectivity index (χ2n) is 2.08. The number of rotatable bonds is 3. The van der Waals surface area contributed by atoms with E-state index in [1.165, 1.54) is 0 Å². The number of hydrogen-bond donors (Lipinski definition) is 0. The largest absolute Gasteiger partial charge is 3.00 e. The van der Waals surface area contributed by atoms with Gasteiger partial charge in [-0.25, -0.2) is 0 Å². The van der Waals surface area contributed by atoms with Gasteiger partial charge in [0.2, 0.25) is 0 Å². The Morgan fingerprint density at radius 2 is 0.684 bits per heavy atom. The minimum Gasteiger partial charge on any atom is -0.544 e. The maximum Gasteiger partial charge on any atom is 3.00 e. The second-order valence-corrected chi connectivity index (χ2v) is 4.95. The molecule has 0 saturated carbocycles. The number of carboxylic acid groups (broad SMARTS) is 3. The van der Waals surface area contributed by atoms with E-state index in [2.05, 4.69) is 67.5 Å². The fourth-order valence-corrected chi connectivity index (χ4v) is 0. The standard InChI is InChI=1S/3C3H3BrO2.In/c3*1-2(4)3(5)6;/h3*1H2,(H,5,6);/q;;;+3/p-3. The molecule has 0 atom stereocenters. The Balaban J connectivity index is -0.0000000865. The summed E-state index contributed by atoms with van der Waals surface area (Å²) >= 11 is 7.75. The summed E-state index contributed by atoms with van der Waals surface area (Å²) in [6.07, 6.45) is 0. The summed E-state index contributed by atoms with van der Waals surface area (Å²) in [6, 6.07) is 0. The number of halogens is 3. The average Bonchev–Trinajstić information content (AvgIpc) is 2.18. The van der Waals surface area contributed by atoms with Gasteiger partial charge in [-0.3, -0.25) is 0 Å². The van der Waals surface area contributed by atoms with Crippen molar-refractivity contribution in [2.24, 2.45) is 0 Å². The van der Waals surface area contributed by atoms with Crippen LogP contribution in [-0.4, -0.2) is 43.8 Å². The van der Waals surface area contributed by atoms with E-state index in [0.717, 1.165) is 0 Å². The van der Waals surface area contributed by atoms with E-state index in [4.69, 9.17) is 0 Å². The van der Waals surface area contributed by atoms with Crippen molar-refractivity contribution in [1.29, 1.82) is 0 Å². The minimum absolute atomic E-state index is 0. The van der Waals surface area contributed by atoms with Crippen LogP contribution in [-0.2, 0) is 14.4 Å². The SMILES string of the molecule is C=C(Br)C(=O)[O-].C=C(Br)C(=O)[O-].C=C(Br)C(=O)[O-].[In+3]. The van der Waals surface area contributed by atoms with E-state index in [0.29, 0.717) is 0 Å². The third-order valence-electron chi connectivity index (χ3n) is 0.664. The molecular weight excluding hydrogens is 559 g/mol. The van der Waals surface area contributed by atoms with Crippen LogP contribution >= 0.6 is 47.8 Å². The molecule has 0 fully saturated rings. The predicted octanol–water partition coefficient (Wildman–Crippen LogP) is -1.45. The van der Waals surface area contributed by atoms with Gasteiger partial charge in [0.05, 0.1) is 17.9 Å². The molecule has 0 aliphatic rings. The number of carbonyl (C=O) groups excluding carboxylic acids is 3. The molecule has 0 heterocycles. The Bertz CT molecular complexity index is 287. The molecule has 10 heteroatoms. The van der Waals surface area contributed by atoms with E-state index in [1.807, 2.05) is 0 Å². The first-order chi connectivity index (χ1) is 7.93. The molecule has 0 amide bonds. The molecule has 0 aromatic carbocycles. The molecule has 0 aromatic heterocycles. The Labute approximate surface area is 153 Å². The van der Waals surface area contributed by atoms with Crippen molar-refractivity contribution < 1.29 is 29.7 Å². The van der Waals surface area contributed by atoms with E-state index >= 15 is 0 Å². The summed E-state index contributed by atoms with van der Waals surface area (Å²) in [5.74, 6) is -3.81. The zero-order valence-corrected chi connectivity index (χ0v) is 17.3. The van der Waals surface area contributed by atoms with Crippen molar-refractivity contribution >= 4 is 91.5 Å². The monoisotopic (exact) mass is 562 g/mol. The van der Waals surface area contributed by atoms with Gasteiger partial charge in [0.15, 0.2) is 0 Å². The molecule has 0 unspecified atom stereocenters. The van der Waals surface area contributed by atoms with Crippen LogP contribution in [0.2, 0.25) is 0 Å². The van der Waals surface area contributed by atoms with Gasteiger partial charge in [0.25, 0.3) is 0 Å². The second kappa shape index (κ2) is 16.0. The zero-order valence-electron chi connectivity index (χ0n) is 9.28. The van der Waals surface area contributed by atoms with Crippen LogP contribution in [0.15, 0.2) is 33.2 Å². The summed E-state index contributed by atoms with van der Waals surface area (Å²) in [5.41, 5.74) is 0. The Morgan fingerprint density at radius 3 is 0.684 bits per heavy atom. The normalized spacial score (nSPS) is 7.11. The van der Waals surface area contributed by atoms with Crippen LogP contribution in [0.4, 0.5) is 0 Å². The molecule has 0 aliphatic heterocycles. The fourth-order valence-electron chi connectivity index (χ4n) is 0. The molecule has 0 aliphatic carbocycles. The van der Waals surface area contributed by atoms with Crippen molar-refractivity contribution in [3.05, 3.63) is 33.2 Å². The molecule has 0 rings (SSSR count). The van der Waals surface area contributed by atoms with Gasteiger partial charge in [-0.2, -0.15) is 0 Å². The average molecular weight is 565 g/mol. The van der Waals surface area contributed by atoms with Crippen molar-refractivity contribution in [3.63, 3.8) is 0 Å². The third kappa shape index (κ3) is 32.0. The minimum atomic E-state index is -1.27. The summed E-state index contributed by atoms with van der Waals surface area (Å²) in [7, 11) is 0. The first kappa shape index (κ1) is 27.3. The third-order valence-corrected chi connectivity index (χ3v) is 1.64.